The van der Waals surface area contributed by atoms with Gasteiger partial charge in [-0.2, -0.15) is 0 Å². The van der Waals surface area contributed by atoms with E-state index in [0.717, 1.165) is 6.42 Å². The topological polar surface area (TPSA) is 78.8 Å². The number of nitrogens with one attached hydrogen (secondary N) is 1. The van der Waals surface area contributed by atoms with Crippen LogP contribution in [0.5, 0.6) is 0 Å². The van der Waals surface area contributed by atoms with Crippen LogP contribution in [0, 0.1) is 0 Å². The minimum Gasteiger partial charge on any atom is -0.450 e. The van der Waals surface area contributed by atoms with Gasteiger partial charge in [0, 0.05) is 0 Å². The van der Waals surface area contributed by atoms with Crippen LogP contribution in [0.15, 0.2) is 0 Å². The molecule has 0 fully saturated rings. The molecule has 0 saturated carbocycles. The number of aliphatic hydroxyl groups is 2. The van der Waals surface area contributed by atoms with E-state index in [2.05, 4.69) is 4.74 Å². The van der Waals surface area contributed by atoms with Gasteiger partial charge in [0.05, 0.1) is 13.2 Å². The average Bonchev–Trinajstić information content (AvgIpc) is 2.00. The van der Waals surface area contributed by atoms with E-state index in [1.807, 2.05) is 12.2 Å². The maximum atomic E-state index is 10.6. The molecule has 1 atom stereocenters. The molecule has 0 aromatic carbocycles. The van der Waals surface area contributed by atoms with Crippen LogP contribution in [-0.2, 0) is 4.74 Å². The fourth-order valence-electron chi connectivity index (χ4n) is 0.418. The maximum absolute atomic E-state index is 10.6. The van der Waals surface area contributed by atoms with Crippen LogP contribution >= 0.6 is 0 Å². The number of carbonyl (C=O) groups is 1. The van der Waals surface area contributed by atoms with Gasteiger partial charge in [0.25, 0.3) is 0 Å². The highest BCUT2D eigenvalue weighted by atomic mass is 16.6. The standard InChI is InChI=1S/C6H13NO4/c1-2-3-11-6(10)7-5(9)4-8/h5,8-9H,2-4H2,1H3,(H,7,10). The van der Waals surface area contributed by atoms with Crippen molar-refractivity contribution in [2.45, 2.75) is 19.6 Å². The summed E-state index contributed by atoms with van der Waals surface area (Å²) >= 11 is 0. The fourth-order valence-corrected chi connectivity index (χ4v) is 0.418. The summed E-state index contributed by atoms with van der Waals surface area (Å²) in [5.74, 6) is 0. The van der Waals surface area contributed by atoms with Crippen molar-refractivity contribution in [1.29, 1.82) is 0 Å². The third-order valence-corrected chi connectivity index (χ3v) is 0.895. The van der Waals surface area contributed by atoms with Crippen molar-refractivity contribution in [1.82, 2.24) is 5.32 Å². The van der Waals surface area contributed by atoms with Gasteiger partial charge in [-0.15, -0.1) is 0 Å². The number of amides is 1. The summed E-state index contributed by atoms with van der Waals surface area (Å²) in [6.07, 6.45) is -1.23. The molecule has 3 N–H and O–H groups in total. The van der Waals surface area contributed by atoms with Crippen molar-refractivity contribution >= 4 is 6.09 Å². The van der Waals surface area contributed by atoms with Gasteiger partial charge in [0.15, 0.2) is 6.23 Å². The third kappa shape index (κ3) is 5.63. The smallest absolute Gasteiger partial charge is 0.409 e. The zero-order chi connectivity index (χ0) is 8.69. The zero-order valence-corrected chi connectivity index (χ0v) is 6.41. The van der Waals surface area contributed by atoms with Gasteiger partial charge in [0.2, 0.25) is 0 Å². The number of aliphatic hydroxyl groups excluding tert-OH is 2. The third-order valence-electron chi connectivity index (χ3n) is 0.895. The van der Waals surface area contributed by atoms with E-state index in [-0.39, 0.29) is 0 Å². The highest BCUT2D eigenvalue weighted by Crippen LogP contribution is 1.83. The van der Waals surface area contributed by atoms with Crippen LogP contribution in [-0.4, -0.2) is 35.7 Å². The molecule has 0 spiro atoms. The predicted molar refractivity (Wildman–Crippen MR) is 37.9 cm³/mol. The van der Waals surface area contributed by atoms with Crippen LogP contribution in [0.2, 0.25) is 0 Å². The van der Waals surface area contributed by atoms with Crippen molar-refractivity contribution in [3.63, 3.8) is 0 Å². The van der Waals surface area contributed by atoms with Gasteiger partial charge in [-0.3, -0.25) is 5.32 Å². The molecule has 0 rings (SSSR count). The number of alkyl carbamates (subject to hydrolysis) is 1. The van der Waals surface area contributed by atoms with Crippen LogP contribution in [0.4, 0.5) is 4.79 Å². The Hall–Kier alpha value is -0.810. The Bertz CT molecular complexity index is 117. The van der Waals surface area contributed by atoms with E-state index in [1.54, 1.807) is 0 Å². The SMILES string of the molecule is CCCOC(=O)NC(O)CO. The fraction of sp³-hybridized carbons (Fsp3) is 0.833. The highest BCUT2D eigenvalue weighted by Gasteiger charge is 2.06. The summed E-state index contributed by atoms with van der Waals surface area (Å²) in [6.45, 7) is 1.65. The second-order valence-corrected chi connectivity index (χ2v) is 1.98. The van der Waals surface area contributed by atoms with Crippen molar-refractivity contribution < 1.29 is 19.7 Å². The lowest BCUT2D eigenvalue weighted by Crippen LogP contribution is -2.37. The van der Waals surface area contributed by atoms with Crippen LogP contribution < -0.4 is 5.32 Å². The summed E-state index contributed by atoms with van der Waals surface area (Å²) < 4.78 is 4.54. The largest absolute Gasteiger partial charge is 0.450 e. The Balaban J connectivity index is 3.36. The average molecular weight is 163 g/mol. The molecule has 0 radical (unpaired) electrons. The molecule has 66 valence electrons. The first kappa shape index (κ1) is 10.2. The lowest BCUT2D eigenvalue weighted by molar-refractivity contribution is 0.0575. The summed E-state index contributed by atoms with van der Waals surface area (Å²) in [4.78, 5) is 10.6. The first-order valence-corrected chi connectivity index (χ1v) is 3.43. The monoisotopic (exact) mass is 163 g/mol. The summed E-state index contributed by atoms with van der Waals surface area (Å²) in [6, 6.07) is 0. The van der Waals surface area contributed by atoms with Crippen LogP contribution in [0.25, 0.3) is 0 Å². The van der Waals surface area contributed by atoms with Gasteiger partial charge in [-0.05, 0) is 6.42 Å². The summed E-state index contributed by atoms with van der Waals surface area (Å²) in [7, 11) is 0. The molecular weight excluding hydrogens is 150 g/mol. The second kappa shape index (κ2) is 5.94. The highest BCUT2D eigenvalue weighted by molar-refractivity contribution is 5.67. The molecule has 0 aromatic heterocycles. The van der Waals surface area contributed by atoms with Crippen molar-refractivity contribution in [2.75, 3.05) is 13.2 Å². The number of hydrogen-bond donors (Lipinski definition) is 3. The molecule has 11 heavy (non-hydrogen) atoms. The number of rotatable bonds is 4. The quantitative estimate of drug-likeness (QED) is 0.485. The molecule has 0 aliphatic heterocycles. The molecule has 0 saturated heterocycles. The van der Waals surface area contributed by atoms with E-state index < -0.39 is 18.9 Å². The van der Waals surface area contributed by atoms with E-state index in [9.17, 15) is 4.79 Å². The molecule has 0 aliphatic rings. The minimum absolute atomic E-state index is 0.310. The molecule has 1 amide bonds. The van der Waals surface area contributed by atoms with Crippen molar-refractivity contribution in [3.8, 4) is 0 Å². The first-order valence-electron chi connectivity index (χ1n) is 3.43. The normalized spacial score (nSPS) is 12.3. The molecule has 0 bridgehead atoms. The number of carbonyl (C=O) groups excluding carboxylic acids is 1. The Labute approximate surface area is 65.0 Å². The second-order valence-electron chi connectivity index (χ2n) is 1.98. The van der Waals surface area contributed by atoms with Gasteiger partial charge >= 0.3 is 6.09 Å². The Morgan fingerprint density at radius 1 is 1.73 bits per heavy atom. The molecule has 5 nitrogen and oxygen atoms in total. The van der Waals surface area contributed by atoms with Crippen molar-refractivity contribution in [2.24, 2.45) is 0 Å². The summed E-state index contributed by atoms with van der Waals surface area (Å²) in [5.41, 5.74) is 0. The molecule has 0 aliphatic carbocycles. The van der Waals surface area contributed by atoms with E-state index in [1.165, 1.54) is 0 Å². The molecule has 1 unspecified atom stereocenters. The maximum Gasteiger partial charge on any atom is 0.409 e. The Kier molecular flexibility index (Phi) is 5.50. The molecule has 5 heteroatoms. The van der Waals surface area contributed by atoms with Crippen LogP contribution in [0.3, 0.4) is 0 Å². The number of ether oxygens (including phenoxy) is 1. The lowest BCUT2D eigenvalue weighted by atomic mass is 10.5. The van der Waals surface area contributed by atoms with Gasteiger partial charge < -0.3 is 14.9 Å². The minimum atomic E-state index is -1.24. The summed E-state index contributed by atoms with van der Waals surface area (Å²) in [5, 5.41) is 19.0. The predicted octanol–water partition coefficient (Wildman–Crippen LogP) is -0.567. The lowest BCUT2D eigenvalue weighted by Gasteiger charge is -2.09. The van der Waals surface area contributed by atoms with Gasteiger partial charge in [0.1, 0.15) is 0 Å². The first-order chi connectivity index (χ1) is 5.20. The van der Waals surface area contributed by atoms with Crippen LogP contribution in [0.1, 0.15) is 13.3 Å². The molecular formula is C6H13NO4. The Morgan fingerprint density at radius 3 is 2.82 bits per heavy atom. The number of hydrogen-bond acceptors (Lipinski definition) is 4. The van der Waals surface area contributed by atoms with E-state index in [4.69, 9.17) is 10.2 Å². The zero-order valence-electron chi connectivity index (χ0n) is 6.41. The van der Waals surface area contributed by atoms with Crippen molar-refractivity contribution in [3.05, 3.63) is 0 Å². The Morgan fingerprint density at radius 2 is 2.36 bits per heavy atom. The van der Waals surface area contributed by atoms with Gasteiger partial charge in [-0.25, -0.2) is 4.79 Å². The molecule has 0 heterocycles. The van der Waals surface area contributed by atoms with Gasteiger partial charge in [-0.1, -0.05) is 6.92 Å². The van der Waals surface area contributed by atoms with E-state index >= 15 is 0 Å². The molecule has 0 aromatic rings. The van der Waals surface area contributed by atoms with E-state index in [0.29, 0.717) is 6.61 Å².